The van der Waals surface area contributed by atoms with Gasteiger partial charge in [-0.25, -0.2) is 0 Å². The number of oxime groups is 1. The zero-order valence-electron chi connectivity index (χ0n) is 8.81. The van der Waals surface area contributed by atoms with Gasteiger partial charge in [0.2, 0.25) is 5.96 Å². The van der Waals surface area contributed by atoms with Crippen molar-refractivity contribution in [2.45, 2.75) is 25.8 Å². The van der Waals surface area contributed by atoms with E-state index in [0.717, 1.165) is 6.42 Å². The number of rotatable bonds is 7. The van der Waals surface area contributed by atoms with Crippen molar-refractivity contribution in [2.75, 3.05) is 13.2 Å². The van der Waals surface area contributed by atoms with Crippen LogP contribution in [0.4, 0.5) is 0 Å². The third-order valence-electron chi connectivity index (χ3n) is 1.44. The van der Waals surface area contributed by atoms with E-state index in [4.69, 9.17) is 21.9 Å². The number of guanidine groups is 1. The Labute approximate surface area is 88.6 Å². The van der Waals surface area contributed by atoms with Gasteiger partial charge in [-0.2, -0.15) is 0 Å². The standard InChI is InChI=1S/C8H18N4O3/c1-2-4-14-7(13)6(9)3-5-15-12-8(10)11/h6H,2-5,9H2,1H3,(H4,10,11,12)/t6-/m0/s1. The van der Waals surface area contributed by atoms with Gasteiger partial charge in [-0.3, -0.25) is 4.79 Å². The summed E-state index contributed by atoms with van der Waals surface area (Å²) in [6, 6.07) is -0.703. The first-order valence-corrected chi connectivity index (χ1v) is 4.71. The summed E-state index contributed by atoms with van der Waals surface area (Å²) in [5.41, 5.74) is 15.5. The molecule has 0 saturated carbocycles. The summed E-state index contributed by atoms with van der Waals surface area (Å²) in [7, 11) is 0. The molecule has 0 unspecified atom stereocenters. The number of carbonyl (C=O) groups excluding carboxylic acids is 1. The smallest absolute Gasteiger partial charge is 0.323 e. The van der Waals surface area contributed by atoms with Gasteiger partial charge >= 0.3 is 5.97 Å². The van der Waals surface area contributed by atoms with Crippen LogP contribution in [0.25, 0.3) is 0 Å². The van der Waals surface area contributed by atoms with Gasteiger partial charge in [-0.05, 0) is 11.6 Å². The lowest BCUT2D eigenvalue weighted by Gasteiger charge is -2.09. The zero-order valence-corrected chi connectivity index (χ0v) is 8.81. The second kappa shape index (κ2) is 7.86. The Kier molecular flexibility index (Phi) is 7.08. The Morgan fingerprint density at radius 1 is 1.40 bits per heavy atom. The summed E-state index contributed by atoms with van der Waals surface area (Å²) in [6.45, 7) is 2.45. The molecule has 0 heterocycles. The molecule has 88 valence electrons. The molecular weight excluding hydrogens is 200 g/mol. The number of hydrogen-bond acceptors (Lipinski definition) is 5. The molecule has 0 rings (SSSR count). The van der Waals surface area contributed by atoms with Crippen LogP contribution in [0.5, 0.6) is 0 Å². The van der Waals surface area contributed by atoms with Crippen molar-refractivity contribution < 1.29 is 14.4 Å². The Morgan fingerprint density at radius 2 is 2.07 bits per heavy atom. The Balaban J connectivity index is 3.59. The average Bonchev–Trinajstić information content (AvgIpc) is 2.20. The minimum atomic E-state index is -0.703. The number of ether oxygens (including phenoxy) is 1. The molecule has 0 bridgehead atoms. The topological polar surface area (TPSA) is 126 Å². The molecule has 0 aromatic rings. The molecular formula is C8H18N4O3. The summed E-state index contributed by atoms with van der Waals surface area (Å²) < 4.78 is 4.83. The fourth-order valence-corrected chi connectivity index (χ4v) is 0.727. The number of nitrogens with zero attached hydrogens (tertiary/aromatic N) is 1. The van der Waals surface area contributed by atoms with E-state index in [0.29, 0.717) is 13.0 Å². The minimum absolute atomic E-state index is 0.167. The summed E-state index contributed by atoms with van der Waals surface area (Å²) in [5.74, 6) is -0.609. The maximum Gasteiger partial charge on any atom is 0.323 e. The summed E-state index contributed by atoms with van der Waals surface area (Å²) in [5, 5.41) is 3.28. The van der Waals surface area contributed by atoms with Gasteiger partial charge in [0.05, 0.1) is 6.61 Å². The molecule has 0 radical (unpaired) electrons. The Hall–Kier alpha value is -1.50. The number of hydrogen-bond donors (Lipinski definition) is 3. The van der Waals surface area contributed by atoms with E-state index in [1.165, 1.54) is 0 Å². The molecule has 15 heavy (non-hydrogen) atoms. The molecule has 0 aliphatic carbocycles. The molecule has 0 spiro atoms. The van der Waals surface area contributed by atoms with E-state index >= 15 is 0 Å². The largest absolute Gasteiger partial charge is 0.465 e. The average molecular weight is 218 g/mol. The SMILES string of the molecule is CCCOC(=O)[C@@H](N)CCON=C(N)N. The molecule has 7 nitrogen and oxygen atoms in total. The van der Waals surface area contributed by atoms with Crippen LogP contribution in [0, 0.1) is 0 Å². The molecule has 0 fully saturated rings. The van der Waals surface area contributed by atoms with Gasteiger partial charge in [0.1, 0.15) is 12.6 Å². The van der Waals surface area contributed by atoms with E-state index in [1.54, 1.807) is 0 Å². The molecule has 0 aromatic heterocycles. The number of esters is 1. The van der Waals surface area contributed by atoms with Crippen LogP contribution >= 0.6 is 0 Å². The number of nitrogens with two attached hydrogens (primary N) is 3. The first kappa shape index (κ1) is 13.5. The van der Waals surface area contributed by atoms with E-state index < -0.39 is 12.0 Å². The van der Waals surface area contributed by atoms with Crippen LogP contribution in [0.15, 0.2) is 5.16 Å². The van der Waals surface area contributed by atoms with Gasteiger partial charge in [0.15, 0.2) is 0 Å². The van der Waals surface area contributed by atoms with Crippen molar-refractivity contribution in [1.29, 1.82) is 0 Å². The molecule has 0 aliphatic heterocycles. The van der Waals surface area contributed by atoms with Crippen LogP contribution in [0.1, 0.15) is 19.8 Å². The van der Waals surface area contributed by atoms with E-state index in [2.05, 4.69) is 9.99 Å². The maximum atomic E-state index is 11.1. The molecule has 0 aromatic carbocycles. The molecule has 0 amide bonds. The van der Waals surface area contributed by atoms with Crippen LogP contribution in [0.2, 0.25) is 0 Å². The van der Waals surface area contributed by atoms with Gasteiger partial charge in [0, 0.05) is 6.42 Å². The molecule has 0 saturated heterocycles. The van der Waals surface area contributed by atoms with Gasteiger partial charge in [-0.1, -0.05) is 6.92 Å². The van der Waals surface area contributed by atoms with Gasteiger partial charge in [0.25, 0.3) is 0 Å². The molecule has 6 N–H and O–H groups in total. The van der Waals surface area contributed by atoms with Crippen molar-refractivity contribution in [3.05, 3.63) is 0 Å². The quantitative estimate of drug-likeness (QED) is 0.163. The van der Waals surface area contributed by atoms with Crippen LogP contribution in [-0.4, -0.2) is 31.2 Å². The van der Waals surface area contributed by atoms with Crippen molar-refractivity contribution in [3.8, 4) is 0 Å². The van der Waals surface area contributed by atoms with E-state index in [1.807, 2.05) is 6.92 Å². The Bertz CT molecular complexity index is 216. The summed E-state index contributed by atoms with van der Waals surface area (Å²) >= 11 is 0. The molecule has 7 heteroatoms. The highest BCUT2D eigenvalue weighted by Gasteiger charge is 2.14. The lowest BCUT2D eigenvalue weighted by molar-refractivity contribution is -0.145. The second-order valence-corrected chi connectivity index (χ2v) is 2.91. The summed E-state index contributed by atoms with van der Waals surface area (Å²) in [4.78, 5) is 15.8. The van der Waals surface area contributed by atoms with Crippen molar-refractivity contribution in [2.24, 2.45) is 22.4 Å². The monoisotopic (exact) mass is 218 g/mol. The molecule has 0 aliphatic rings. The van der Waals surface area contributed by atoms with Crippen LogP contribution in [-0.2, 0) is 14.4 Å². The lowest BCUT2D eigenvalue weighted by Crippen LogP contribution is -2.33. The van der Waals surface area contributed by atoms with Gasteiger partial charge in [-0.15, -0.1) is 0 Å². The predicted molar refractivity (Wildman–Crippen MR) is 55.6 cm³/mol. The van der Waals surface area contributed by atoms with E-state index in [9.17, 15) is 4.79 Å². The van der Waals surface area contributed by atoms with Crippen LogP contribution in [0.3, 0.4) is 0 Å². The van der Waals surface area contributed by atoms with Crippen molar-refractivity contribution in [3.63, 3.8) is 0 Å². The first-order valence-electron chi connectivity index (χ1n) is 4.71. The third-order valence-corrected chi connectivity index (χ3v) is 1.44. The third kappa shape index (κ3) is 7.56. The predicted octanol–water partition coefficient (Wildman–Crippen LogP) is -1.14. The maximum absolute atomic E-state index is 11.1. The zero-order chi connectivity index (χ0) is 11.7. The van der Waals surface area contributed by atoms with Crippen LogP contribution < -0.4 is 17.2 Å². The molecule has 1 atom stereocenters. The first-order chi connectivity index (χ1) is 7.07. The fraction of sp³-hybridized carbons (Fsp3) is 0.750. The van der Waals surface area contributed by atoms with Gasteiger partial charge < -0.3 is 26.8 Å². The lowest BCUT2D eigenvalue weighted by atomic mass is 10.2. The fourth-order valence-electron chi connectivity index (χ4n) is 0.727. The summed E-state index contributed by atoms with van der Waals surface area (Å²) in [6.07, 6.45) is 1.07. The Morgan fingerprint density at radius 3 is 2.60 bits per heavy atom. The second-order valence-electron chi connectivity index (χ2n) is 2.91. The highest BCUT2D eigenvalue weighted by atomic mass is 16.6. The van der Waals surface area contributed by atoms with E-state index in [-0.39, 0.29) is 12.6 Å². The number of carbonyl (C=O) groups is 1. The van der Waals surface area contributed by atoms with Crippen molar-refractivity contribution in [1.82, 2.24) is 0 Å². The highest BCUT2D eigenvalue weighted by molar-refractivity contribution is 5.75. The van der Waals surface area contributed by atoms with Crippen molar-refractivity contribution >= 4 is 11.9 Å². The minimum Gasteiger partial charge on any atom is -0.465 e. The normalized spacial score (nSPS) is 11.6. The highest BCUT2D eigenvalue weighted by Crippen LogP contribution is 1.94.